The molecule has 1 amide bonds. The fourth-order valence-corrected chi connectivity index (χ4v) is 2.12. The molecule has 0 bridgehead atoms. The molecule has 0 aromatic carbocycles. The first-order chi connectivity index (χ1) is 6.22. The van der Waals surface area contributed by atoms with Crippen molar-refractivity contribution in [2.45, 2.75) is 45.1 Å². The first-order valence-electron chi connectivity index (χ1n) is 5.19. The van der Waals surface area contributed by atoms with Crippen molar-refractivity contribution in [3.8, 4) is 0 Å². The minimum absolute atomic E-state index is 0.0993. The van der Waals surface area contributed by atoms with E-state index in [1.807, 2.05) is 0 Å². The van der Waals surface area contributed by atoms with Crippen LogP contribution in [0.5, 0.6) is 0 Å². The van der Waals surface area contributed by atoms with Crippen LogP contribution < -0.4 is 11.1 Å². The van der Waals surface area contributed by atoms with Gasteiger partial charge in [-0.3, -0.25) is 4.79 Å². The molecule has 1 fully saturated rings. The Morgan fingerprint density at radius 1 is 1.38 bits per heavy atom. The third-order valence-corrected chi connectivity index (χ3v) is 2.83. The van der Waals surface area contributed by atoms with Gasteiger partial charge in [-0.1, -0.05) is 0 Å². The van der Waals surface area contributed by atoms with E-state index in [1.165, 1.54) is 12.8 Å². The summed E-state index contributed by atoms with van der Waals surface area (Å²) in [5.74, 6) is 0.900. The van der Waals surface area contributed by atoms with E-state index in [2.05, 4.69) is 5.32 Å². The van der Waals surface area contributed by atoms with Crippen LogP contribution in [0.2, 0.25) is 0 Å². The van der Waals surface area contributed by atoms with Crippen LogP contribution >= 0.6 is 0 Å². The number of hydrogen-bond acceptors (Lipinski definition) is 2. The van der Waals surface area contributed by atoms with Crippen LogP contribution in [-0.2, 0) is 4.79 Å². The molecule has 3 heteroatoms. The largest absolute Gasteiger partial charge is 0.354 e. The van der Waals surface area contributed by atoms with E-state index in [0.717, 1.165) is 31.7 Å². The molecule has 1 rings (SSSR count). The second-order valence-corrected chi connectivity index (χ2v) is 4.00. The van der Waals surface area contributed by atoms with Crippen molar-refractivity contribution in [2.24, 2.45) is 11.7 Å². The Morgan fingerprint density at radius 3 is 2.46 bits per heavy atom. The highest BCUT2D eigenvalue weighted by atomic mass is 16.1. The highest BCUT2D eigenvalue weighted by Crippen LogP contribution is 2.26. The third-order valence-electron chi connectivity index (χ3n) is 2.83. The highest BCUT2D eigenvalue weighted by molar-refractivity contribution is 5.73. The van der Waals surface area contributed by atoms with Crippen molar-refractivity contribution in [1.82, 2.24) is 5.32 Å². The summed E-state index contributed by atoms with van der Waals surface area (Å²) in [6.07, 6.45) is 5.85. The molecular weight excluding hydrogens is 164 g/mol. The Labute approximate surface area is 80.1 Å². The zero-order valence-corrected chi connectivity index (χ0v) is 8.38. The van der Waals surface area contributed by atoms with Gasteiger partial charge in [0.2, 0.25) is 5.91 Å². The molecule has 0 saturated heterocycles. The Kier molecular flexibility index (Phi) is 4.22. The van der Waals surface area contributed by atoms with Crippen molar-refractivity contribution < 1.29 is 4.79 Å². The number of nitrogens with one attached hydrogen (secondary N) is 1. The van der Waals surface area contributed by atoms with Crippen LogP contribution in [0, 0.1) is 5.92 Å². The standard InChI is InChI=1S/C10H20N2O/c1-8(13)12-10-4-2-9(3-5-10)6-7-11/h9-10H,2-7,11H2,1H3,(H,12,13). The smallest absolute Gasteiger partial charge is 0.217 e. The molecule has 0 unspecified atom stereocenters. The molecule has 0 radical (unpaired) electrons. The summed E-state index contributed by atoms with van der Waals surface area (Å²) < 4.78 is 0. The van der Waals surface area contributed by atoms with Gasteiger partial charge in [-0.2, -0.15) is 0 Å². The molecule has 0 spiro atoms. The van der Waals surface area contributed by atoms with Crippen LogP contribution in [0.4, 0.5) is 0 Å². The van der Waals surface area contributed by atoms with Crippen molar-refractivity contribution in [1.29, 1.82) is 0 Å². The molecule has 0 atom stereocenters. The number of carbonyl (C=O) groups excluding carboxylic acids is 1. The number of nitrogens with two attached hydrogens (primary N) is 1. The van der Waals surface area contributed by atoms with Crippen LogP contribution in [0.3, 0.4) is 0 Å². The number of amides is 1. The van der Waals surface area contributed by atoms with Crippen LogP contribution in [0.15, 0.2) is 0 Å². The third kappa shape index (κ3) is 3.77. The first kappa shape index (κ1) is 10.5. The van der Waals surface area contributed by atoms with Crippen molar-refractivity contribution >= 4 is 5.91 Å². The lowest BCUT2D eigenvalue weighted by molar-refractivity contribution is -0.119. The van der Waals surface area contributed by atoms with E-state index < -0.39 is 0 Å². The molecular formula is C10H20N2O. The summed E-state index contributed by atoms with van der Waals surface area (Å²) >= 11 is 0. The van der Waals surface area contributed by atoms with Crippen molar-refractivity contribution in [3.05, 3.63) is 0 Å². The molecule has 0 heterocycles. The average Bonchev–Trinajstić information content (AvgIpc) is 2.08. The predicted octanol–water partition coefficient (Wildman–Crippen LogP) is 1.03. The zero-order chi connectivity index (χ0) is 9.68. The van der Waals surface area contributed by atoms with E-state index in [9.17, 15) is 4.79 Å². The maximum atomic E-state index is 10.8. The van der Waals surface area contributed by atoms with Gasteiger partial charge in [0.1, 0.15) is 0 Å². The molecule has 0 aliphatic heterocycles. The summed E-state index contributed by atoms with van der Waals surface area (Å²) in [4.78, 5) is 10.8. The quantitative estimate of drug-likeness (QED) is 0.688. The first-order valence-corrected chi connectivity index (χ1v) is 5.19. The van der Waals surface area contributed by atoms with Gasteiger partial charge in [0.05, 0.1) is 0 Å². The van der Waals surface area contributed by atoms with E-state index in [0.29, 0.717) is 6.04 Å². The SMILES string of the molecule is CC(=O)NC1CCC(CCN)CC1. The summed E-state index contributed by atoms with van der Waals surface area (Å²) in [7, 11) is 0. The van der Waals surface area contributed by atoms with Gasteiger partial charge in [0.25, 0.3) is 0 Å². The Hall–Kier alpha value is -0.570. The molecule has 3 N–H and O–H groups in total. The lowest BCUT2D eigenvalue weighted by Gasteiger charge is -2.28. The molecule has 76 valence electrons. The monoisotopic (exact) mass is 184 g/mol. The van der Waals surface area contributed by atoms with E-state index in [4.69, 9.17) is 5.73 Å². The second kappa shape index (κ2) is 5.22. The molecule has 13 heavy (non-hydrogen) atoms. The van der Waals surface area contributed by atoms with E-state index in [1.54, 1.807) is 6.92 Å². The molecule has 3 nitrogen and oxygen atoms in total. The zero-order valence-electron chi connectivity index (χ0n) is 8.38. The van der Waals surface area contributed by atoms with Gasteiger partial charge in [-0.15, -0.1) is 0 Å². The van der Waals surface area contributed by atoms with Crippen molar-refractivity contribution in [2.75, 3.05) is 6.54 Å². The van der Waals surface area contributed by atoms with E-state index >= 15 is 0 Å². The fourth-order valence-electron chi connectivity index (χ4n) is 2.12. The summed E-state index contributed by atoms with van der Waals surface area (Å²) in [6.45, 7) is 2.39. The topological polar surface area (TPSA) is 55.1 Å². The lowest BCUT2D eigenvalue weighted by atomic mass is 9.84. The highest BCUT2D eigenvalue weighted by Gasteiger charge is 2.20. The van der Waals surface area contributed by atoms with Gasteiger partial charge < -0.3 is 11.1 Å². The molecule has 1 aliphatic carbocycles. The average molecular weight is 184 g/mol. The van der Waals surface area contributed by atoms with Crippen molar-refractivity contribution in [3.63, 3.8) is 0 Å². The van der Waals surface area contributed by atoms with Gasteiger partial charge in [-0.05, 0) is 44.6 Å². The Bertz CT molecular complexity index is 162. The Balaban J connectivity index is 2.18. The number of rotatable bonds is 3. The second-order valence-electron chi connectivity index (χ2n) is 4.00. The number of carbonyl (C=O) groups is 1. The Morgan fingerprint density at radius 2 is 2.00 bits per heavy atom. The van der Waals surface area contributed by atoms with E-state index in [-0.39, 0.29) is 5.91 Å². The van der Waals surface area contributed by atoms with Gasteiger partial charge in [0.15, 0.2) is 0 Å². The van der Waals surface area contributed by atoms with Crippen LogP contribution in [0.1, 0.15) is 39.0 Å². The van der Waals surface area contributed by atoms with Gasteiger partial charge in [0, 0.05) is 13.0 Å². The normalized spacial score (nSPS) is 28.5. The maximum Gasteiger partial charge on any atom is 0.217 e. The molecule has 1 aliphatic rings. The lowest BCUT2D eigenvalue weighted by Crippen LogP contribution is -2.36. The number of hydrogen-bond donors (Lipinski definition) is 2. The molecule has 1 saturated carbocycles. The van der Waals surface area contributed by atoms with Gasteiger partial charge >= 0.3 is 0 Å². The summed E-state index contributed by atoms with van der Waals surface area (Å²) in [5.41, 5.74) is 5.50. The minimum atomic E-state index is 0.0993. The predicted molar refractivity (Wildman–Crippen MR) is 53.2 cm³/mol. The van der Waals surface area contributed by atoms with Crippen LogP contribution in [0.25, 0.3) is 0 Å². The summed E-state index contributed by atoms with van der Waals surface area (Å²) in [6, 6.07) is 0.423. The maximum absolute atomic E-state index is 10.8. The summed E-state index contributed by atoms with van der Waals surface area (Å²) in [5, 5.41) is 2.97. The van der Waals surface area contributed by atoms with Crippen LogP contribution in [-0.4, -0.2) is 18.5 Å². The fraction of sp³-hybridized carbons (Fsp3) is 0.900. The van der Waals surface area contributed by atoms with Gasteiger partial charge in [-0.25, -0.2) is 0 Å². The molecule has 0 aromatic rings. The molecule has 0 aromatic heterocycles. The minimum Gasteiger partial charge on any atom is -0.354 e.